The Hall–Kier alpha value is -1.69. The molecule has 2 aromatic rings. The quantitative estimate of drug-likeness (QED) is 0.946. The van der Waals surface area contributed by atoms with E-state index in [-0.39, 0.29) is 6.10 Å². The van der Waals surface area contributed by atoms with Crippen molar-refractivity contribution in [2.75, 3.05) is 26.2 Å². The topological polar surface area (TPSA) is 50.4 Å². The van der Waals surface area contributed by atoms with Gasteiger partial charge in [0.05, 0.1) is 12.7 Å². The number of pyridine rings is 1. The first-order chi connectivity index (χ1) is 11.1. The Bertz CT molecular complexity index is 735. The maximum Gasteiger partial charge on any atom is 0.163 e. The second-order valence-corrected chi connectivity index (χ2v) is 6.79. The van der Waals surface area contributed by atoms with Crippen LogP contribution >= 0.6 is 0 Å². The van der Waals surface area contributed by atoms with E-state index in [0.717, 1.165) is 31.7 Å². The molecule has 122 valence electrons. The Balaban J connectivity index is 1.43. The number of nitrogens with one attached hydrogen (secondary N) is 1. The fraction of sp³-hybridized carbons (Fsp3) is 0.500. The van der Waals surface area contributed by atoms with Crippen LogP contribution in [0.2, 0.25) is 0 Å². The van der Waals surface area contributed by atoms with Crippen LogP contribution in [-0.2, 0) is 9.47 Å². The summed E-state index contributed by atoms with van der Waals surface area (Å²) in [5.41, 5.74) is 3.66. The molecule has 5 heteroatoms. The zero-order valence-corrected chi connectivity index (χ0v) is 13.7. The molecule has 4 heterocycles. The molecule has 1 saturated heterocycles. The summed E-state index contributed by atoms with van der Waals surface area (Å²) in [5, 5.41) is 1.21. The summed E-state index contributed by atoms with van der Waals surface area (Å²) in [4.78, 5) is 10.1. The highest BCUT2D eigenvalue weighted by Crippen LogP contribution is 2.29. The molecule has 2 aliphatic heterocycles. The minimum Gasteiger partial charge on any atom is -0.348 e. The van der Waals surface area contributed by atoms with E-state index < -0.39 is 5.79 Å². The van der Waals surface area contributed by atoms with Crippen LogP contribution in [0.3, 0.4) is 0 Å². The second-order valence-electron chi connectivity index (χ2n) is 6.79. The molecule has 1 unspecified atom stereocenters. The third-order valence-corrected chi connectivity index (χ3v) is 4.62. The van der Waals surface area contributed by atoms with Crippen LogP contribution in [0.15, 0.2) is 30.6 Å². The summed E-state index contributed by atoms with van der Waals surface area (Å²) < 4.78 is 11.6. The number of fused-ring (bicyclic) bond motifs is 1. The highest BCUT2D eigenvalue weighted by atomic mass is 16.7. The molecular weight excluding hydrogens is 290 g/mol. The van der Waals surface area contributed by atoms with Crippen LogP contribution in [0, 0.1) is 0 Å². The maximum absolute atomic E-state index is 5.91. The van der Waals surface area contributed by atoms with Gasteiger partial charge < -0.3 is 14.5 Å². The first-order valence-electron chi connectivity index (χ1n) is 8.26. The van der Waals surface area contributed by atoms with Crippen LogP contribution < -0.4 is 0 Å². The van der Waals surface area contributed by atoms with Crippen molar-refractivity contribution in [1.29, 1.82) is 0 Å². The van der Waals surface area contributed by atoms with Crippen molar-refractivity contribution >= 4 is 16.6 Å². The molecule has 4 rings (SSSR count). The fourth-order valence-corrected chi connectivity index (χ4v) is 3.48. The van der Waals surface area contributed by atoms with E-state index in [0.29, 0.717) is 6.61 Å². The van der Waals surface area contributed by atoms with Crippen molar-refractivity contribution < 1.29 is 9.47 Å². The maximum atomic E-state index is 5.91. The van der Waals surface area contributed by atoms with E-state index in [1.807, 2.05) is 26.1 Å². The van der Waals surface area contributed by atoms with Crippen LogP contribution in [0.4, 0.5) is 0 Å². The third-order valence-electron chi connectivity index (χ3n) is 4.62. The molecule has 5 nitrogen and oxygen atoms in total. The van der Waals surface area contributed by atoms with Crippen LogP contribution in [0.1, 0.15) is 25.8 Å². The van der Waals surface area contributed by atoms with Gasteiger partial charge in [-0.15, -0.1) is 0 Å². The van der Waals surface area contributed by atoms with Gasteiger partial charge in [-0.1, -0.05) is 6.08 Å². The Labute approximate surface area is 136 Å². The zero-order valence-electron chi connectivity index (χ0n) is 13.7. The van der Waals surface area contributed by atoms with Gasteiger partial charge in [0.15, 0.2) is 5.79 Å². The average molecular weight is 313 g/mol. The molecular formula is C18H23N3O2. The largest absolute Gasteiger partial charge is 0.348 e. The first kappa shape index (κ1) is 14.9. The summed E-state index contributed by atoms with van der Waals surface area (Å²) in [6, 6.07) is 4.13. The van der Waals surface area contributed by atoms with E-state index in [1.54, 1.807) is 0 Å². The number of aromatic amines is 1. The molecule has 2 aliphatic rings. The Morgan fingerprint density at radius 1 is 1.43 bits per heavy atom. The lowest BCUT2D eigenvalue weighted by Crippen LogP contribution is -2.37. The predicted molar refractivity (Wildman–Crippen MR) is 90.0 cm³/mol. The van der Waals surface area contributed by atoms with Crippen molar-refractivity contribution in [2.24, 2.45) is 0 Å². The third kappa shape index (κ3) is 3.04. The fourth-order valence-electron chi connectivity index (χ4n) is 3.48. The number of aromatic nitrogens is 2. The second kappa shape index (κ2) is 5.74. The molecule has 0 bridgehead atoms. The molecule has 1 N–H and O–H groups in total. The summed E-state index contributed by atoms with van der Waals surface area (Å²) in [7, 11) is 0. The highest BCUT2D eigenvalue weighted by Gasteiger charge is 2.33. The van der Waals surface area contributed by atoms with Gasteiger partial charge in [-0.3, -0.25) is 4.90 Å². The predicted octanol–water partition coefficient (Wildman–Crippen LogP) is 2.80. The van der Waals surface area contributed by atoms with E-state index in [9.17, 15) is 0 Å². The van der Waals surface area contributed by atoms with Crippen LogP contribution in [0.25, 0.3) is 16.6 Å². The SMILES string of the molecule is CC1(C)OCC(CN2CC=C(c3c[nH]c4ncccc34)CC2)O1. The number of rotatable bonds is 3. The smallest absolute Gasteiger partial charge is 0.163 e. The van der Waals surface area contributed by atoms with E-state index in [2.05, 4.69) is 33.2 Å². The van der Waals surface area contributed by atoms with E-state index in [4.69, 9.17) is 9.47 Å². The van der Waals surface area contributed by atoms with Gasteiger partial charge in [0.2, 0.25) is 0 Å². The number of hydrogen-bond donors (Lipinski definition) is 1. The van der Waals surface area contributed by atoms with Gasteiger partial charge in [0.1, 0.15) is 5.65 Å². The highest BCUT2D eigenvalue weighted by molar-refractivity contribution is 5.90. The lowest BCUT2D eigenvalue weighted by Gasteiger charge is -2.28. The molecule has 0 aromatic carbocycles. The van der Waals surface area contributed by atoms with Crippen molar-refractivity contribution in [2.45, 2.75) is 32.2 Å². The molecule has 1 atom stereocenters. The standard InChI is InChI=1S/C18H23N3O2/c1-18(2)22-12-14(23-18)11-21-8-5-13(6-9-21)16-10-20-17-15(16)4-3-7-19-17/h3-5,7,10,14H,6,8-9,11-12H2,1-2H3,(H,19,20). The monoisotopic (exact) mass is 313 g/mol. The van der Waals surface area contributed by atoms with Crippen molar-refractivity contribution in [1.82, 2.24) is 14.9 Å². The molecule has 2 aromatic heterocycles. The number of H-pyrrole nitrogens is 1. The summed E-state index contributed by atoms with van der Waals surface area (Å²) in [6.07, 6.45) is 7.47. The minimum absolute atomic E-state index is 0.178. The lowest BCUT2D eigenvalue weighted by molar-refractivity contribution is -0.140. The van der Waals surface area contributed by atoms with Gasteiger partial charge in [-0.2, -0.15) is 0 Å². The molecule has 0 amide bonds. The Morgan fingerprint density at radius 3 is 3.09 bits per heavy atom. The van der Waals surface area contributed by atoms with Crippen LogP contribution in [-0.4, -0.2) is 53.0 Å². The van der Waals surface area contributed by atoms with Gasteiger partial charge in [-0.05, 0) is 38.0 Å². The Morgan fingerprint density at radius 2 is 2.35 bits per heavy atom. The molecule has 0 spiro atoms. The molecule has 1 fully saturated rings. The van der Waals surface area contributed by atoms with Crippen LogP contribution in [0.5, 0.6) is 0 Å². The van der Waals surface area contributed by atoms with Crippen molar-refractivity contribution in [3.8, 4) is 0 Å². The zero-order chi connectivity index (χ0) is 15.9. The van der Waals surface area contributed by atoms with Crippen molar-refractivity contribution in [3.63, 3.8) is 0 Å². The minimum atomic E-state index is -0.432. The molecule has 0 aliphatic carbocycles. The number of ether oxygens (including phenoxy) is 2. The van der Waals surface area contributed by atoms with Gasteiger partial charge in [0, 0.05) is 43.0 Å². The van der Waals surface area contributed by atoms with Gasteiger partial charge >= 0.3 is 0 Å². The molecule has 0 radical (unpaired) electrons. The molecule has 23 heavy (non-hydrogen) atoms. The van der Waals surface area contributed by atoms with E-state index >= 15 is 0 Å². The lowest BCUT2D eigenvalue weighted by atomic mass is 9.99. The Kier molecular flexibility index (Phi) is 3.71. The number of hydrogen-bond acceptors (Lipinski definition) is 4. The summed E-state index contributed by atoms with van der Waals surface area (Å²) in [5.74, 6) is -0.432. The van der Waals surface area contributed by atoms with E-state index in [1.165, 1.54) is 16.5 Å². The summed E-state index contributed by atoms with van der Waals surface area (Å²) >= 11 is 0. The molecule has 0 saturated carbocycles. The number of nitrogens with zero attached hydrogens (tertiary/aromatic N) is 2. The van der Waals surface area contributed by atoms with Crippen molar-refractivity contribution in [3.05, 3.63) is 36.2 Å². The average Bonchev–Trinajstić information content (AvgIpc) is 3.11. The summed E-state index contributed by atoms with van der Waals surface area (Å²) in [6.45, 7) is 7.59. The van der Waals surface area contributed by atoms with Gasteiger partial charge in [0.25, 0.3) is 0 Å². The van der Waals surface area contributed by atoms with Gasteiger partial charge in [-0.25, -0.2) is 4.98 Å². The first-order valence-corrected chi connectivity index (χ1v) is 8.26. The normalized spacial score (nSPS) is 25.0.